The van der Waals surface area contributed by atoms with Crippen LogP contribution >= 0.6 is 0 Å². The first-order valence-electron chi connectivity index (χ1n) is 6.12. The van der Waals surface area contributed by atoms with Gasteiger partial charge < -0.3 is 0 Å². The molecule has 0 heteroatoms. The third-order valence-electron chi connectivity index (χ3n) is 2.71. The molecule has 0 radical (unpaired) electrons. The quantitative estimate of drug-likeness (QED) is 0.571. The van der Waals surface area contributed by atoms with E-state index in [2.05, 4.69) is 58.5 Å². The second-order valence-corrected chi connectivity index (χ2v) is 4.91. The zero-order valence-electron chi connectivity index (χ0n) is 11.5. The number of hydrogen-bond acceptors (Lipinski definition) is 0. The minimum Gasteiger partial charge on any atom is -0.103 e. The van der Waals surface area contributed by atoms with Crippen molar-refractivity contribution in [2.24, 2.45) is 0 Å². The Bertz CT molecular complexity index is 290. The third kappa shape index (κ3) is 6.99. The molecular weight excluding hydrogens is 204 g/mol. The molecule has 0 N–H and O–H groups in total. The van der Waals surface area contributed by atoms with Gasteiger partial charge in [-0.05, 0) is 31.2 Å². The predicted octanol–water partition coefficient (Wildman–Crippen LogP) is 5.90. The number of rotatable bonds is 3. The lowest BCUT2D eigenvalue weighted by Crippen LogP contribution is -2.16. The van der Waals surface area contributed by atoms with Crippen LogP contribution in [0.4, 0.5) is 0 Å². The van der Waals surface area contributed by atoms with Gasteiger partial charge in [-0.1, -0.05) is 70.5 Å². The van der Waals surface area contributed by atoms with E-state index >= 15 is 0 Å². The fraction of sp³-hybridized carbons (Fsp3) is 0.529. The summed E-state index contributed by atoms with van der Waals surface area (Å²) >= 11 is 0. The minimum absolute atomic E-state index is 0. The molecule has 1 aromatic rings. The Labute approximate surface area is 109 Å². The van der Waals surface area contributed by atoms with E-state index in [0.717, 1.165) is 0 Å². The highest BCUT2D eigenvalue weighted by atomic mass is 14.2. The highest BCUT2D eigenvalue weighted by Crippen LogP contribution is 2.28. The summed E-state index contributed by atoms with van der Waals surface area (Å²) in [7, 11) is 0. The maximum Gasteiger partial charge on any atom is -0.0104 e. The van der Waals surface area contributed by atoms with Crippen LogP contribution in [0.1, 0.15) is 59.1 Å². The van der Waals surface area contributed by atoms with Crippen molar-refractivity contribution >= 4 is 0 Å². The van der Waals surface area contributed by atoms with Gasteiger partial charge in [0, 0.05) is 0 Å². The van der Waals surface area contributed by atoms with Gasteiger partial charge in [0.1, 0.15) is 0 Å². The highest BCUT2D eigenvalue weighted by molar-refractivity contribution is 5.27. The summed E-state index contributed by atoms with van der Waals surface area (Å²) in [4.78, 5) is 0. The summed E-state index contributed by atoms with van der Waals surface area (Å²) in [6.07, 6.45) is 4.26. The zero-order chi connectivity index (χ0) is 12.6. The van der Waals surface area contributed by atoms with E-state index in [1.54, 1.807) is 6.08 Å². The molecule has 0 spiro atoms. The van der Waals surface area contributed by atoms with Crippen molar-refractivity contribution in [2.45, 2.75) is 60.3 Å². The Hall–Kier alpha value is -1.04. The molecule has 0 amide bonds. The van der Waals surface area contributed by atoms with Crippen LogP contribution < -0.4 is 0 Å². The lowest BCUT2D eigenvalue weighted by atomic mass is 9.80. The maximum absolute atomic E-state index is 3.36. The molecule has 0 heterocycles. The van der Waals surface area contributed by atoms with E-state index in [0.29, 0.717) is 5.41 Å². The molecule has 0 fully saturated rings. The molecule has 0 aliphatic carbocycles. The first kappa shape index (κ1) is 18.3. The van der Waals surface area contributed by atoms with Gasteiger partial charge in [-0.2, -0.15) is 0 Å². The molecule has 0 bridgehead atoms. The number of benzene rings is 1. The molecular formula is C17H30. The predicted molar refractivity (Wildman–Crippen MR) is 81.7 cm³/mol. The Morgan fingerprint density at radius 2 is 1.59 bits per heavy atom. The summed E-state index contributed by atoms with van der Waals surface area (Å²) in [5.41, 5.74) is 3.14. The normalized spacial score (nSPS) is 9.71. The first-order valence-corrected chi connectivity index (χ1v) is 6.12. The molecule has 0 nitrogen and oxygen atoms in total. The fourth-order valence-electron chi connectivity index (χ4n) is 1.77. The molecule has 0 aliphatic heterocycles. The molecule has 0 aromatic heterocycles. The largest absolute Gasteiger partial charge is 0.103 e. The molecule has 0 unspecified atom stereocenters. The van der Waals surface area contributed by atoms with Gasteiger partial charge in [0.15, 0.2) is 0 Å². The maximum atomic E-state index is 3.36. The minimum atomic E-state index is 0. The molecule has 0 aliphatic rings. The average molecular weight is 234 g/mol. The van der Waals surface area contributed by atoms with Gasteiger partial charge in [0.25, 0.3) is 0 Å². The van der Waals surface area contributed by atoms with Gasteiger partial charge in [0.2, 0.25) is 0 Å². The van der Waals surface area contributed by atoms with Crippen molar-refractivity contribution in [2.75, 3.05) is 0 Å². The van der Waals surface area contributed by atoms with Crippen LogP contribution in [0.5, 0.6) is 0 Å². The van der Waals surface area contributed by atoms with Crippen LogP contribution in [0.2, 0.25) is 0 Å². The van der Waals surface area contributed by atoms with Crippen molar-refractivity contribution in [3.63, 3.8) is 0 Å². The summed E-state index contributed by atoms with van der Waals surface area (Å²) in [6.45, 7) is 14.3. The van der Waals surface area contributed by atoms with E-state index in [-0.39, 0.29) is 7.43 Å². The van der Waals surface area contributed by atoms with Crippen LogP contribution in [0.15, 0.2) is 36.9 Å². The first-order chi connectivity index (χ1) is 7.47. The van der Waals surface area contributed by atoms with Crippen LogP contribution in [-0.4, -0.2) is 0 Å². The van der Waals surface area contributed by atoms with E-state index in [1.165, 1.54) is 24.0 Å². The number of allylic oxidation sites excluding steroid dienone is 1. The van der Waals surface area contributed by atoms with Crippen LogP contribution in [0, 0.1) is 6.92 Å². The lowest BCUT2D eigenvalue weighted by molar-refractivity contribution is 0.473. The van der Waals surface area contributed by atoms with Crippen molar-refractivity contribution in [3.05, 3.63) is 48.0 Å². The smallest absolute Gasteiger partial charge is 0.0104 e. The molecule has 98 valence electrons. The average Bonchev–Trinajstić information content (AvgIpc) is 2.19. The molecule has 17 heavy (non-hydrogen) atoms. The Morgan fingerprint density at radius 3 is 1.94 bits per heavy atom. The molecule has 0 saturated carbocycles. The second kappa shape index (κ2) is 9.04. The zero-order valence-corrected chi connectivity index (χ0v) is 11.5. The summed E-state index contributed by atoms with van der Waals surface area (Å²) in [5, 5.41) is 0. The van der Waals surface area contributed by atoms with E-state index < -0.39 is 0 Å². The van der Waals surface area contributed by atoms with Crippen molar-refractivity contribution in [1.82, 2.24) is 0 Å². The van der Waals surface area contributed by atoms with Crippen molar-refractivity contribution in [1.29, 1.82) is 0 Å². The van der Waals surface area contributed by atoms with Gasteiger partial charge in [-0.25, -0.2) is 0 Å². The fourth-order valence-corrected chi connectivity index (χ4v) is 1.77. The summed E-state index contributed by atoms with van der Waals surface area (Å²) in [6, 6.07) is 8.91. The summed E-state index contributed by atoms with van der Waals surface area (Å²) < 4.78 is 0. The second-order valence-electron chi connectivity index (χ2n) is 4.91. The Morgan fingerprint density at radius 1 is 1.18 bits per heavy atom. The van der Waals surface area contributed by atoms with Gasteiger partial charge >= 0.3 is 0 Å². The van der Waals surface area contributed by atoms with Gasteiger partial charge in [0.05, 0.1) is 0 Å². The topological polar surface area (TPSA) is 0 Å². The van der Waals surface area contributed by atoms with Crippen LogP contribution in [0.3, 0.4) is 0 Å². The molecule has 0 saturated heterocycles. The monoisotopic (exact) mass is 234 g/mol. The lowest BCUT2D eigenvalue weighted by Gasteiger charge is -2.24. The highest BCUT2D eigenvalue weighted by Gasteiger charge is 2.18. The van der Waals surface area contributed by atoms with Gasteiger partial charge in [-0.15, -0.1) is 6.58 Å². The third-order valence-corrected chi connectivity index (χ3v) is 2.71. The molecule has 1 rings (SSSR count). The number of aryl methyl sites for hydroxylation is 1. The van der Waals surface area contributed by atoms with E-state index in [4.69, 9.17) is 0 Å². The van der Waals surface area contributed by atoms with E-state index in [1.807, 2.05) is 6.92 Å². The molecule has 1 aromatic carbocycles. The van der Waals surface area contributed by atoms with Crippen molar-refractivity contribution in [3.8, 4) is 0 Å². The van der Waals surface area contributed by atoms with E-state index in [9.17, 15) is 0 Å². The van der Waals surface area contributed by atoms with Crippen LogP contribution in [0.25, 0.3) is 0 Å². The van der Waals surface area contributed by atoms with Crippen LogP contribution in [-0.2, 0) is 5.41 Å². The SMILES string of the molecule is C.C=CC.CCCC(C)(C)c1ccc(C)cc1. The Balaban J connectivity index is 0. The molecule has 0 atom stereocenters. The van der Waals surface area contributed by atoms with Gasteiger partial charge in [-0.3, -0.25) is 0 Å². The summed E-state index contributed by atoms with van der Waals surface area (Å²) in [5.74, 6) is 0. The standard InChI is InChI=1S/C13H20.C3H6.CH4/c1-5-10-13(3,4)12-8-6-11(2)7-9-12;1-3-2;/h6-9H,5,10H2,1-4H3;3H,1H2,2H3;1H4. The van der Waals surface area contributed by atoms with Crippen molar-refractivity contribution < 1.29 is 0 Å². The Kier molecular flexibility index (Phi) is 9.74. The number of hydrogen-bond donors (Lipinski definition) is 0.